The Labute approximate surface area is 94.5 Å². The minimum atomic E-state index is -0.280. The van der Waals surface area contributed by atoms with Crippen molar-refractivity contribution in [3.05, 3.63) is 23.8 Å². The van der Waals surface area contributed by atoms with E-state index in [0.29, 0.717) is 12.2 Å². The van der Waals surface area contributed by atoms with Crippen LogP contribution in [0.15, 0.2) is 18.2 Å². The smallest absolute Gasteiger partial charge is 0.306 e. The fourth-order valence-corrected chi connectivity index (χ4v) is 1.49. The summed E-state index contributed by atoms with van der Waals surface area (Å²) in [5.74, 6) is -0.397. The molecule has 0 heterocycles. The van der Waals surface area contributed by atoms with Crippen molar-refractivity contribution in [2.24, 2.45) is 0 Å². The fraction of sp³-hybridized carbons (Fsp3) is 0.417. The number of phenols is 2. The predicted molar refractivity (Wildman–Crippen MR) is 59.4 cm³/mol. The quantitative estimate of drug-likeness (QED) is 0.769. The van der Waals surface area contributed by atoms with Crippen molar-refractivity contribution in [1.82, 2.24) is 0 Å². The first kappa shape index (κ1) is 12.4. The third-order valence-electron chi connectivity index (χ3n) is 2.27. The summed E-state index contributed by atoms with van der Waals surface area (Å²) in [5, 5.41) is 18.6. The van der Waals surface area contributed by atoms with Crippen LogP contribution >= 0.6 is 0 Å². The molecule has 1 aromatic carbocycles. The molecule has 88 valence electrons. The van der Waals surface area contributed by atoms with E-state index in [1.165, 1.54) is 18.2 Å². The Hall–Kier alpha value is -1.71. The van der Waals surface area contributed by atoms with E-state index in [9.17, 15) is 15.0 Å². The molecule has 1 rings (SSSR count). The zero-order valence-corrected chi connectivity index (χ0v) is 9.43. The van der Waals surface area contributed by atoms with Gasteiger partial charge in [0.05, 0.1) is 13.0 Å². The van der Waals surface area contributed by atoms with Crippen molar-refractivity contribution in [3.8, 4) is 11.5 Å². The van der Waals surface area contributed by atoms with Gasteiger partial charge in [0.25, 0.3) is 0 Å². The van der Waals surface area contributed by atoms with E-state index >= 15 is 0 Å². The van der Waals surface area contributed by atoms with Crippen LogP contribution in [0.5, 0.6) is 11.5 Å². The van der Waals surface area contributed by atoms with E-state index in [4.69, 9.17) is 4.74 Å². The molecule has 0 spiro atoms. The highest BCUT2D eigenvalue weighted by molar-refractivity contribution is 5.70. The van der Waals surface area contributed by atoms with Crippen molar-refractivity contribution in [2.75, 3.05) is 6.61 Å². The minimum Gasteiger partial charge on any atom is -0.508 e. The molecular formula is C12H16O4. The molecule has 0 aromatic heterocycles. The molecule has 0 saturated heterocycles. The molecule has 4 heteroatoms. The Morgan fingerprint density at radius 1 is 1.31 bits per heavy atom. The molecular weight excluding hydrogens is 208 g/mol. The van der Waals surface area contributed by atoms with Crippen LogP contribution in [0, 0.1) is 0 Å². The summed E-state index contributed by atoms with van der Waals surface area (Å²) in [4.78, 5) is 11.2. The zero-order chi connectivity index (χ0) is 12.1. The van der Waals surface area contributed by atoms with E-state index in [1.54, 1.807) is 6.92 Å². The average molecular weight is 224 g/mol. The van der Waals surface area contributed by atoms with Crippen molar-refractivity contribution < 1.29 is 19.7 Å². The van der Waals surface area contributed by atoms with Crippen LogP contribution in [0.1, 0.15) is 31.7 Å². The number of aromatic hydroxyl groups is 2. The van der Waals surface area contributed by atoms with Crippen molar-refractivity contribution in [1.29, 1.82) is 0 Å². The van der Waals surface area contributed by atoms with Crippen LogP contribution in [-0.2, 0) is 9.53 Å². The third kappa shape index (κ3) is 3.46. The molecule has 1 atom stereocenters. The number of phenolic OH excluding ortho intramolecular Hbond substituents is 2. The van der Waals surface area contributed by atoms with E-state index in [-0.39, 0.29) is 29.8 Å². The minimum absolute atomic E-state index is 0.00860. The van der Waals surface area contributed by atoms with Gasteiger partial charge in [-0.1, -0.05) is 6.92 Å². The summed E-state index contributed by atoms with van der Waals surface area (Å²) in [6.45, 7) is 3.95. The molecule has 0 bridgehead atoms. The van der Waals surface area contributed by atoms with Crippen molar-refractivity contribution >= 4 is 5.97 Å². The Bertz CT molecular complexity index is 353. The second kappa shape index (κ2) is 5.39. The van der Waals surface area contributed by atoms with Gasteiger partial charge >= 0.3 is 5.97 Å². The van der Waals surface area contributed by atoms with Crippen molar-refractivity contribution in [3.63, 3.8) is 0 Å². The zero-order valence-electron chi connectivity index (χ0n) is 9.43. The molecule has 16 heavy (non-hydrogen) atoms. The van der Waals surface area contributed by atoms with Gasteiger partial charge in [0.2, 0.25) is 0 Å². The van der Waals surface area contributed by atoms with Gasteiger partial charge in [0.1, 0.15) is 11.5 Å². The molecule has 2 N–H and O–H groups in total. The number of esters is 1. The van der Waals surface area contributed by atoms with Crippen LogP contribution in [0.4, 0.5) is 0 Å². The standard InChI is InChI=1S/C12H16O4/c1-3-16-12(15)4-8(2)9-5-10(13)7-11(14)6-9/h5-8,13-14H,3-4H2,1-2H3. The molecule has 4 nitrogen and oxygen atoms in total. The highest BCUT2D eigenvalue weighted by Gasteiger charge is 2.13. The topological polar surface area (TPSA) is 66.8 Å². The fourth-order valence-electron chi connectivity index (χ4n) is 1.49. The van der Waals surface area contributed by atoms with Crippen LogP contribution in [0.25, 0.3) is 0 Å². The lowest BCUT2D eigenvalue weighted by molar-refractivity contribution is -0.143. The molecule has 0 aliphatic carbocycles. The largest absolute Gasteiger partial charge is 0.508 e. The van der Waals surface area contributed by atoms with E-state index in [2.05, 4.69) is 0 Å². The Kier molecular flexibility index (Phi) is 4.17. The summed E-state index contributed by atoms with van der Waals surface area (Å²) in [5.41, 5.74) is 0.713. The van der Waals surface area contributed by atoms with Gasteiger partial charge in [-0.3, -0.25) is 4.79 Å². The molecule has 0 fully saturated rings. The van der Waals surface area contributed by atoms with Gasteiger partial charge in [-0.15, -0.1) is 0 Å². The first-order chi connectivity index (χ1) is 7.52. The Balaban J connectivity index is 2.72. The lowest BCUT2D eigenvalue weighted by Gasteiger charge is -2.11. The number of hydrogen-bond acceptors (Lipinski definition) is 4. The monoisotopic (exact) mass is 224 g/mol. The maximum Gasteiger partial charge on any atom is 0.306 e. The first-order valence-electron chi connectivity index (χ1n) is 5.21. The highest BCUT2D eigenvalue weighted by Crippen LogP contribution is 2.27. The number of benzene rings is 1. The average Bonchev–Trinajstić information content (AvgIpc) is 2.16. The van der Waals surface area contributed by atoms with Gasteiger partial charge in [0, 0.05) is 6.07 Å². The molecule has 0 amide bonds. The van der Waals surface area contributed by atoms with Gasteiger partial charge in [-0.25, -0.2) is 0 Å². The van der Waals surface area contributed by atoms with E-state index in [0.717, 1.165) is 0 Å². The third-order valence-corrected chi connectivity index (χ3v) is 2.27. The Morgan fingerprint density at radius 3 is 2.38 bits per heavy atom. The molecule has 1 aromatic rings. The summed E-state index contributed by atoms with van der Waals surface area (Å²) in [6, 6.07) is 4.31. The SMILES string of the molecule is CCOC(=O)CC(C)c1cc(O)cc(O)c1. The normalized spacial score (nSPS) is 12.1. The summed E-state index contributed by atoms with van der Waals surface area (Å²) in [7, 11) is 0. The second-order valence-electron chi connectivity index (χ2n) is 3.69. The highest BCUT2D eigenvalue weighted by atomic mass is 16.5. The number of hydrogen-bond donors (Lipinski definition) is 2. The summed E-state index contributed by atoms with van der Waals surface area (Å²) >= 11 is 0. The van der Waals surface area contributed by atoms with Gasteiger partial charge in [-0.2, -0.15) is 0 Å². The van der Waals surface area contributed by atoms with E-state index < -0.39 is 0 Å². The Morgan fingerprint density at radius 2 is 1.88 bits per heavy atom. The molecule has 0 aliphatic rings. The lowest BCUT2D eigenvalue weighted by Crippen LogP contribution is -2.08. The summed E-state index contributed by atoms with van der Waals surface area (Å²) in [6.07, 6.45) is 0.233. The van der Waals surface area contributed by atoms with Crippen molar-refractivity contribution in [2.45, 2.75) is 26.2 Å². The van der Waals surface area contributed by atoms with Crippen LogP contribution in [0.2, 0.25) is 0 Å². The summed E-state index contributed by atoms with van der Waals surface area (Å²) < 4.78 is 4.83. The van der Waals surface area contributed by atoms with Gasteiger partial charge < -0.3 is 14.9 Å². The van der Waals surface area contributed by atoms with Crippen LogP contribution in [0.3, 0.4) is 0 Å². The number of carbonyl (C=O) groups is 1. The number of carbonyl (C=O) groups excluding carboxylic acids is 1. The van der Waals surface area contributed by atoms with Gasteiger partial charge in [-0.05, 0) is 30.5 Å². The predicted octanol–water partition coefficient (Wildman–Crippen LogP) is 2.15. The lowest BCUT2D eigenvalue weighted by atomic mass is 9.97. The van der Waals surface area contributed by atoms with Gasteiger partial charge in [0.15, 0.2) is 0 Å². The van der Waals surface area contributed by atoms with E-state index in [1.807, 2.05) is 6.92 Å². The maximum absolute atomic E-state index is 11.2. The number of ether oxygens (including phenoxy) is 1. The first-order valence-corrected chi connectivity index (χ1v) is 5.21. The van der Waals surface area contributed by atoms with Crippen LogP contribution < -0.4 is 0 Å². The second-order valence-corrected chi connectivity index (χ2v) is 3.69. The molecule has 0 saturated carbocycles. The number of rotatable bonds is 4. The molecule has 0 radical (unpaired) electrons. The molecule has 1 unspecified atom stereocenters. The maximum atomic E-state index is 11.2. The van der Waals surface area contributed by atoms with Crippen LogP contribution in [-0.4, -0.2) is 22.8 Å². The molecule has 0 aliphatic heterocycles.